The van der Waals surface area contributed by atoms with E-state index >= 15 is 0 Å². The number of carboxylic acid groups (broad SMARTS) is 1. The number of hydrogen-bond donors (Lipinski definition) is 1. The summed E-state index contributed by atoms with van der Waals surface area (Å²) in [6.45, 7) is 11.6. The second kappa shape index (κ2) is 4.93. The standard InChI is InChI=1S/C16H22N2O2/c1-10(2)16(4,5)9-18-11(3)17-14-12(15(19)20)7-6-8-13(14)18/h6-8,10H,9H2,1-5H3,(H,19,20). The van der Waals surface area contributed by atoms with E-state index in [1.807, 2.05) is 13.0 Å². The van der Waals surface area contributed by atoms with Gasteiger partial charge in [0, 0.05) is 6.54 Å². The molecule has 0 bridgehead atoms. The van der Waals surface area contributed by atoms with Gasteiger partial charge in [0.2, 0.25) is 0 Å². The van der Waals surface area contributed by atoms with Gasteiger partial charge in [0.1, 0.15) is 11.3 Å². The van der Waals surface area contributed by atoms with Crippen LogP contribution in [-0.2, 0) is 6.54 Å². The summed E-state index contributed by atoms with van der Waals surface area (Å²) >= 11 is 0. The summed E-state index contributed by atoms with van der Waals surface area (Å²) in [5.41, 5.74) is 1.87. The third-order valence-electron chi connectivity index (χ3n) is 4.33. The Kier molecular flexibility index (Phi) is 3.59. The van der Waals surface area contributed by atoms with Crippen molar-refractivity contribution in [3.63, 3.8) is 0 Å². The lowest BCUT2D eigenvalue weighted by molar-refractivity contribution is 0.0699. The van der Waals surface area contributed by atoms with Crippen LogP contribution >= 0.6 is 0 Å². The summed E-state index contributed by atoms with van der Waals surface area (Å²) in [6, 6.07) is 5.33. The molecule has 2 aromatic rings. The van der Waals surface area contributed by atoms with Crippen LogP contribution in [0.4, 0.5) is 0 Å². The molecule has 0 fully saturated rings. The van der Waals surface area contributed by atoms with Crippen molar-refractivity contribution in [3.8, 4) is 0 Å². The molecule has 4 heteroatoms. The minimum atomic E-state index is -0.927. The minimum absolute atomic E-state index is 0.123. The van der Waals surface area contributed by atoms with Gasteiger partial charge in [-0.3, -0.25) is 0 Å². The number of nitrogens with zero attached hydrogens (tertiary/aromatic N) is 2. The Balaban J connectivity index is 2.58. The molecular weight excluding hydrogens is 252 g/mol. The highest BCUT2D eigenvalue weighted by molar-refractivity contribution is 6.01. The lowest BCUT2D eigenvalue weighted by Gasteiger charge is -2.30. The Bertz CT molecular complexity index is 654. The topological polar surface area (TPSA) is 55.1 Å². The lowest BCUT2D eigenvalue weighted by atomic mass is 9.81. The van der Waals surface area contributed by atoms with Crippen LogP contribution < -0.4 is 0 Å². The van der Waals surface area contributed by atoms with Crippen LogP contribution in [0.2, 0.25) is 0 Å². The van der Waals surface area contributed by atoms with Gasteiger partial charge in [0.05, 0.1) is 11.1 Å². The Morgan fingerprint density at radius 2 is 2.05 bits per heavy atom. The fourth-order valence-electron chi connectivity index (χ4n) is 2.23. The Labute approximate surface area is 119 Å². The maximum absolute atomic E-state index is 11.3. The van der Waals surface area contributed by atoms with E-state index in [1.165, 1.54) is 0 Å². The predicted octanol–water partition coefficient (Wildman–Crippen LogP) is 3.73. The molecule has 0 atom stereocenters. The minimum Gasteiger partial charge on any atom is -0.478 e. The van der Waals surface area contributed by atoms with Gasteiger partial charge in [-0.05, 0) is 30.4 Å². The van der Waals surface area contributed by atoms with Crippen LogP contribution in [0.1, 0.15) is 43.9 Å². The van der Waals surface area contributed by atoms with Gasteiger partial charge in [-0.2, -0.15) is 0 Å². The summed E-state index contributed by atoms with van der Waals surface area (Å²) in [5.74, 6) is 0.466. The highest BCUT2D eigenvalue weighted by Crippen LogP contribution is 2.31. The molecule has 0 spiro atoms. The molecule has 0 unspecified atom stereocenters. The zero-order chi connectivity index (χ0) is 15.1. The molecule has 20 heavy (non-hydrogen) atoms. The molecule has 1 aromatic heterocycles. The van der Waals surface area contributed by atoms with Crippen LogP contribution in [-0.4, -0.2) is 20.6 Å². The SMILES string of the molecule is Cc1nc2c(C(=O)O)cccc2n1CC(C)(C)C(C)C. The molecule has 0 aliphatic carbocycles. The number of benzene rings is 1. The quantitative estimate of drug-likeness (QED) is 0.924. The Morgan fingerprint density at radius 3 is 2.60 bits per heavy atom. The molecule has 4 nitrogen and oxygen atoms in total. The van der Waals surface area contributed by atoms with E-state index in [0.717, 1.165) is 17.9 Å². The van der Waals surface area contributed by atoms with Gasteiger partial charge in [0.15, 0.2) is 0 Å². The summed E-state index contributed by atoms with van der Waals surface area (Å²) in [7, 11) is 0. The average molecular weight is 274 g/mol. The van der Waals surface area contributed by atoms with Gasteiger partial charge in [-0.1, -0.05) is 33.8 Å². The second-order valence-corrected chi connectivity index (χ2v) is 6.37. The number of fused-ring (bicyclic) bond motifs is 1. The van der Waals surface area contributed by atoms with Crippen molar-refractivity contribution in [2.24, 2.45) is 11.3 Å². The zero-order valence-electron chi connectivity index (χ0n) is 12.8. The highest BCUT2D eigenvalue weighted by atomic mass is 16.4. The summed E-state index contributed by atoms with van der Waals surface area (Å²) < 4.78 is 2.13. The van der Waals surface area contributed by atoms with Crippen molar-refractivity contribution in [1.29, 1.82) is 0 Å². The van der Waals surface area contributed by atoms with Crippen molar-refractivity contribution >= 4 is 17.0 Å². The van der Waals surface area contributed by atoms with E-state index in [0.29, 0.717) is 11.4 Å². The van der Waals surface area contributed by atoms with E-state index in [9.17, 15) is 9.90 Å². The number of rotatable bonds is 4. The molecule has 2 rings (SSSR count). The van der Waals surface area contributed by atoms with Crippen LogP contribution in [0.25, 0.3) is 11.0 Å². The first-order valence-electron chi connectivity index (χ1n) is 6.93. The number of aromatic nitrogens is 2. The van der Waals surface area contributed by atoms with Gasteiger partial charge < -0.3 is 9.67 Å². The second-order valence-electron chi connectivity index (χ2n) is 6.37. The van der Waals surface area contributed by atoms with Gasteiger partial charge in [-0.25, -0.2) is 9.78 Å². The fraction of sp³-hybridized carbons (Fsp3) is 0.500. The number of aryl methyl sites for hydroxylation is 1. The van der Waals surface area contributed by atoms with Gasteiger partial charge in [0.25, 0.3) is 0 Å². The van der Waals surface area contributed by atoms with Crippen molar-refractivity contribution in [2.45, 2.75) is 41.2 Å². The molecular formula is C16H22N2O2. The number of aromatic carboxylic acids is 1. The van der Waals surface area contributed by atoms with E-state index in [-0.39, 0.29) is 11.0 Å². The maximum Gasteiger partial charge on any atom is 0.337 e. The predicted molar refractivity (Wildman–Crippen MR) is 80.0 cm³/mol. The third-order valence-corrected chi connectivity index (χ3v) is 4.33. The van der Waals surface area contributed by atoms with Gasteiger partial charge in [-0.15, -0.1) is 0 Å². The molecule has 1 N–H and O–H groups in total. The van der Waals surface area contributed by atoms with Gasteiger partial charge >= 0.3 is 5.97 Å². The number of para-hydroxylation sites is 1. The summed E-state index contributed by atoms with van der Waals surface area (Å²) in [4.78, 5) is 15.7. The van der Waals surface area contributed by atoms with Crippen LogP contribution in [0.3, 0.4) is 0 Å². The molecule has 1 aromatic carbocycles. The molecule has 1 heterocycles. The first-order valence-corrected chi connectivity index (χ1v) is 6.93. The van der Waals surface area contributed by atoms with Crippen molar-refractivity contribution < 1.29 is 9.90 Å². The Hall–Kier alpha value is -1.84. The normalized spacial score (nSPS) is 12.3. The first-order chi connectivity index (χ1) is 9.24. The summed E-state index contributed by atoms with van der Waals surface area (Å²) in [5, 5.41) is 9.25. The zero-order valence-corrected chi connectivity index (χ0v) is 12.8. The average Bonchev–Trinajstić information content (AvgIpc) is 2.65. The van der Waals surface area contributed by atoms with Crippen molar-refractivity contribution in [2.75, 3.05) is 0 Å². The number of carboxylic acids is 1. The molecule has 0 aliphatic heterocycles. The lowest BCUT2D eigenvalue weighted by Crippen LogP contribution is -2.26. The van der Waals surface area contributed by atoms with Crippen molar-refractivity contribution in [3.05, 3.63) is 29.6 Å². The molecule has 0 saturated heterocycles. The largest absolute Gasteiger partial charge is 0.478 e. The van der Waals surface area contributed by atoms with Crippen LogP contribution in [0.15, 0.2) is 18.2 Å². The van der Waals surface area contributed by atoms with E-state index in [1.54, 1.807) is 12.1 Å². The van der Waals surface area contributed by atoms with Crippen LogP contribution in [0.5, 0.6) is 0 Å². The van der Waals surface area contributed by atoms with E-state index in [2.05, 4.69) is 37.2 Å². The molecule has 0 amide bonds. The maximum atomic E-state index is 11.3. The summed E-state index contributed by atoms with van der Waals surface area (Å²) in [6.07, 6.45) is 0. The van der Waals surface area contributed by atoms with Crippen molar-refractivity contribution in [1.82, 2.24) is 9.55 Å². The molecule has 0 radical (unpaired) electrons. The fourth-order valence-corrected chi connectivity index (χ4v) is 2.23. The molecule has 0 saturated carbocycles. The van der Waals surface area contributed by atoms with E-state index in [4.69, 9.17) is 0 Å². The monoisotopic (exact) mass is 274 g/mol. The smallest absolute Gasteiger partial charge is 0.337 e. The van der Waals surface area contributed by atoms with E-state index < -0.39 is 5.97 Å². The molecule has 108 valence electrons. The number of carbonyl (C=O) groups is 1. The first kappa shape index (κ1) is 14.6. The third kappa shape index (κ3) is 2.42. The highest BCUT2D eigenvalue weighted by Gasteiger charge is 2.25. The van der Waals surface area contributed by atoms with Crippen LogP contribution in [0, 0.1) is 18.3 Å². The number of imidazole rings is 1. The Morgan fingerprint density at radius 1 is 1.40 bits per heavy atom. The molecule has 0 aliphatic rings. The number of hydrogen-bond acceptors (Lipinski definition) is 2.